The Labute approximate surface area is 143 Å². The van der Waals surface area contributed by atoms with E-state index in [0.29, 0.717) is 5.76 Å². The quantitative estimate of drug-likeness (QED) is 0.774. The van der Waals surface area contributed by atoms with Gasteiger partial charge in [0.2, 0.25) is 0 Å². The highest BCUT2D eigenvalue weighted by molar-refractivity contribution is 6.06. The molecule has 3 amide bonds. The largest absolute Gasteiger partial charge is 0.488 e. The molecule has 2 aromatic rings. The second kappa shape index (κ2) is 6.56. The summed E-state index contributed by atoms with van der Waals surface area (Å²) in [5.74, 6) is -0.822. The van der Waals surface area contributed by atoms with E-state index in [1.165, 1.54) is 31.4 Å². The lowest BCUT2D eigenvalue weighted by atomic mass is 9.99. The van der Waals surface area contributed by atoms with Crippen LogP contribution in [0.2, 0.25) is 0 Å². The Kier molecular flexibility index (Phi) is 4.45. The lowest BCUT2D eigenvalue weighted by molar-refractivity contribution is -0.132. The number of hydrogen-bond donors (Lipinski definition) is 2. The summed E-state index contributed by atoms with van der Waals surface area (Å²) in [6, 6.07) is 8.31. The van der Waals surface area contributed by atoms with E-state index < -0.39 is 29.4 Å². The Morgan fingerprint density at radius 2 is 2.08 bits per heavy atom. The first-order valence-electron chi connectivity index (χ1n) is 7.65. The van der Waals surface area contributed by atoms with Gasteiger partial charge < -0.3 is 19.6 Å². The van der Waals surface area contributed by atoms with Crippen LogP contribution in [-0.4, -0.2) is 41.2 Å². The van der Waals surface area contributed by atoms with E-state index in [1.807, 2.05) is 0 Å². The number of aliphatic hydroxyl groups excluding tert-OH is 1. The molecule has 1 aliphatic rings. The highest BCUT2D eigenvalue weighted by Crippen LogP contribution is 2.29. The second-order valence-corrected chi connectivity index (χ2v) is 5.84. The van der Waals surface area contributed by atoms with E-state index in [-0.39, 0.29) is 18.9 Å². The molecule has 0 saturated carbocycles. The Morgan fingerprint density at radius 1 is 1.32 bits per heavy atom. The molecule has 3 rings (SSSR count). The Bertz CT molecular complexity index is 779. The minimum atomic E-state index is -1.33. The Morgan fingerprint density at radius 3 is 2.76 bits per heavy atom. The van der Waals surface area contributed by atoms with Gasteiger partial charge in [-0.2, -0.15) is 0 Å². The van der Waals surface area contributed by atoms with Crippen LogP contribution in [0.5, 0.6) is 5.75 Å². The lowest BCUT2D eigenvalue weighted by Gasteiger charge is -2.20. The van der Waals surface area contributed by atoms with Gasteiger partial charge in [-0.25, -0.2) is 9.18 Å². The van der Waals surface area contributed by atoms with Crippen molar-refractivity contribution >= 4 is 11.9 Å². The van der Waals surface area contributed by atoms with Crippen LogP contribution in [0, 0.1) is 5.82 Å². The summed E-state index contributed by atoms with van der Waals surface area (Å²) < 4.78 is 23.9. The predicted octanol–water partition coefficient (Wildman–Crippen LogP) is 1.63. The number of halogens is 1. The van der Waals surface area contributed by atoms with Gasteiger partial charge in [0, 0.05) is 0 Å². The van der Waals surface area contributed by atoms with Crippen molar-refractivity contribution in [2.24, 2.45) is 0 Å². The fourth-order valence-corrected chi connectivity index (χ4v) is 2.60. The van der Waals surface area contributed by atoms with Gasteiger partial charge in [0.15, 0.2) is 17.1 Å². The third-order valence-electron chi connectivity index (χ3n) is 3.95. The first-order chi connectivity index (χ1) is 11.9. The molecule has 1 aliphatic heterocycles. The van der Waals surface area contributed by atoms with E-state index in [2.05, 4.69) is 5.32 Å². The highest BCUT2D eigenvalue weighted by atomic mass is 19.1. The molecule has 25 heavy (non-hydrogen) atoms. The average molecular weight is 348 g/mol. The highest BCUT2D eigenvalue weighted by Gasteiger charge is 2.51. The number of amides is 3. The number of rotatable bonds is 6. The summed E-state index contributed by atoms with van der Waals surface area (Å²) >= 11 is 0. The summed E-state index contributed by atoms with van der Waals surface area (Å²) in [4.78, 5) is 25.6. The van der Waals surface area contributed by atoms with Gasteiger partial charge in [-0.3, -0.25) is 9.69 Å². The molecular formula is C17H17FN2O5. The van der Waals surface area contributed by atoms with Crippen molar-refractivity contribution in [3.8, 4) is 5.75 Å². The molecule has 2 heterocycles. The van der Waals surface area contributed by atoms with Gasteiger partial charge in [-0.05, 0) is 31.2 Å². The summed E-state index contributed by atoms with van der Waals surface area (Å²) in [6.07, 6.45) is 0.230. The number of β-amino-alcohol motifs (C(OH)–C–C–N with tert-alkyl or cyclic N) is 1. The second-order valence-electron chi connectivity index (χ2n) is 5.84. The van der Waals surface area contributed by atoms with E-state index in [1.54, 1.807) is 18.2 Å². The van der Waals surface area contributed by atoms with Crippen molar-refractivity contribution in [1.29, 1.82) is 0 Å². The molecule has 1 aromatic carbocycles. The number of ether oxygens (including phenoxy) is 1. The topological polar surface area (TPSA) is 92.0 Å². The number of carbonyl (C=O) groups is 2. The number of imide groups is 1. The third-order valence-corrected chi connectivity index (χ3v) is 3.95. The van der Waals surface area contributed by atoms with Crippen LogP contribution in [-0.2, 0) is 10.3 Å². The minimum absolute atomic E-state index is 0.0147. The molecule has 132 valence electrons. The van der Waals surface area contributed by atoms with E-state index in [0.717, 1.165) is 4.90 Å². The van der Waals surface area contributed by atoms with Crippen LogP contribution < -0.4 is 10.1 Å². The van der Waals surface area contributed by atoms with Gasteiger partial charge in [-0.15, -0.1) is 0 Å². The number of carbonyl (C=O) groups excluding carboxylic acids is 2. The van der Waals surface area contributed by atoms with E-state index in [9.17, 15) is 19.1 Å². The molecule has 0 radical (unpaired) electrons. The smallest absolute Gasteiger partial charge is 0.325 e. The molecule has 2 N–H and O–H groups in total. The summed E-state index contributed by atoms with van der Waals surface area (Å²) in [7, 11) is 0. The van der Waals surface area contributed by atoms with Crippen molar-refractivity contribution in [2.75, 3.05) is 13.2 Å². The molecule has 1 saturated heterocycles. The van der Waals surface area contributed by atoms with Crippen molar-refractivity contribution < 1.29 is 28.2 Å². The first kappa shape index (κ1) is 17.0. The molecule has 0 bridgehead atoms. The molecule has 0 unspecified atom stereocenters. The average Bonchev–Trinajstić information content (AvgIpc) is 3.19. The molecule has 1 fully saturated rings. The first-order valence-corrected chi connectivity index (χ1v) is 7.65. The van der Waals surface area contributed by atoms with Crippen molar-refractivity contribution in [1.82, 2.24) is 10.2 Å². The summed E-state index contributed by atoms with van der Waals surface area (Å²) in [5.41, 5.74) is -1.33. The number of urea groups is 1. The van der Waals surface area contributed by atoms with Gasteiger partial charge in [0.25, 0.3) is 5.91 Å². The fraction of sp³-hybridized carbons (Fsp3) is 0.294. The van der Waals surface area contributed by atoms with E-state index >= 15 is 0 Å². The lowest BCUT2D eigenvalue weighted by Crippen LogP contribution is -2.42. The van der Waals surface area contributed by atoms with Crippen LogP contribution >= 0.6 is 0 Å². The third kappa shape index (κ3) is 3.20. The molecule has 7 nitrogen and oxygen atoms in total. The van der Waals surface area contributed by atoms with Gasteiger partial charge in [0.1, 0.15) is 18.5 Å². The molecule has 0 aliphatic carbocycles. The predicted molar refractivity (Wildman–Crippen MR) is 84.2 cm³/mol. The van der Waals surface area contributed by atoms with Crippen LogP contribution in [0.1, 0.15) is 12.7 Å². The van der Waals surface area contributed by atoms with E-state index in [4.69, 9.17) is 9.15 Å². The van der Waals surface area contributed by atoms with Crippen LogP contribution in [0.4, 0.5) is 9.18 Å². The molecule has 0 spiro atoms. The molecular weight excluding hydrogens is 331 g/mol. The zero-order chi connectivity index (χ0) is 18.0. The summed E-state index contributed by atoms with van der Waals surface area (Å²) in [5, 5.41) is 12.6. The van der Waals surface area contributed by atoms with Gasteiger partial charge in [0.05, 0.1) is 12.8 Å². The van der Waals surface area contributed by atoms with Crippen LogP contribution in [0.25, 0.3) is 0 Å². The number of para-hydroxylation sites is 1. The zero-order valence-electron chi connectivity index (χ0n) is 13.4. The van der Waals surface area contributed by atoms with Crippen molar-refractivity contribution in [3.63, 3.8) is 0 Å². The number of aliphatic hydroxyl groups is 1. The maximum absolute atomic E-state index is 13.5. The molecule has 2 atom stereocenters. The number of hydrogen-bond acceptors (Lipinski definition) is 5. The monoisotopic (exact) mass is 348 g/mol. The standard InChI is InChI=1S/C17H17FN2O5/c1-17(14-7-4-8-24-14)15(22)20(16(23)19-17)9-11(21)10-25-13-6-3-2-5-12(13)18/h2-8,11,21H,9-10H2,1H3,(H,19,23)/t11-,17-/m0/s1. The molecule has 1 aromatic heterocycles. The maximum Gasteiger partial charge on any atom is 0.325 e. The normalized spacial score (nSPS) is 21.3. The number of nitrogens with one attached hydrogen (secondary N) is 1. The Hall–Kier alpha value is -2.87. The summed E-state index contributed by atoms with van der Waals surface area (Å²) in [6.45, 7) is 0.971. The van der Waals surface area contributed by atoms with Crippen molar-refractivity contribution in [3.05, 3.63) is 54.2 Å². The maximum atomic E-state index is 13.5. The number of furan rings is 1. The van der Waals surface area contributed by atoms with Crippen LogP contribution in [0.15, 0.2) is 47.1 Å². The number of benzene rings is 1. The molecule has 8 heteroatoms. The number of nitrogens with zero attached hydrogens (tertiary/aromatic N) is 1. The fourth-order valence-electron chi connectivity index (χ4n) is 2.60. The van der Waals surface area contributed by atoms with Crippen LogP contribution in [0.3, 0.4) is 0 Å². The van der Waals surface area contributed by atoms with Crippen molar-refractivity contribution in [2.45, 2.75) is 18.6 Å². The van der Waals surface area contributed by atoms with Gasteiger partial charge in [-0.1, -0.05) is 12.1 Å². The van der Waals surface area contributed by atoms with Gasteiger partial charge >= 0.3 is 6.03 Å². The Balaban J connectivity index is 1.63. The minimum Gasteiger partial charge on any atom is -0.488 e. The zero-order valence-corrected chi connectivity index (χ0v) is 13.4. The SMILES string of the molecule is C[C@@]1(c2ccco2)NC(=O)N(C[C@H](O)COc2ccccc2F)C1=O.